The highest BCUT2D eigenvalue weighted by Gasteiger charge is 2.35. The first-order valence-corrected chi connectivity index (χ1v) is 8.91. The molecule has 0 atom stereocenters. The Morgan fingerprint density at radius 3 is 2.78 bits per heavy atom. The summed E-state index contributed by atoms with van der Waals surface area (Å²) in [6.07, 6.45) is -1.35. The van der Waals surface area contributed by atoms with E-state index in [0.717, 1.165) is 17.0 Å². The van der Waals surface area contributed by atoms with Crippen LogP contribution in [0.2, 0.25) is 0 Å². The van der Waals surface area contributed by atoms with Gasteiger partial charge in [0, 0.05) is 30.6 Å². The molecule has 1 saturated heterocycles. The predicted octanol–water partition coefficient (Wildman–Crippen LogP) is 3.34. The standard InChI is InChI=1S/C18H16F3N3O2S/c1-2-15(25)24-9-12(10-24)16(26)23-17-22-8-14(27-17)7-11-4-3-5-13(6-11)18(19,20)21/h2-6,8,12H,1,7,9-10H2,(H,22,23,26). The third-order valence-electron chi connectivity index (χ3n) is 4.15. The van der Waals surface area contributed by atoms with Crippen molar-refractivity contribution >= 4 is 28.3 Å². The van der Waals surface area contributed by atoms with Crippen LogP contribution in [0.5, 0.6) is 0 Å². The van der Waals surface area contributed by atoms with E-state index >= 15 is 0 Å². The van der Waals surface area contributed by atoms with Crippen LogP contribution in [0.15, 0.2) is 43.1 Å². The molecule has 3 rings (SSSR count). The molecule has 9 heteroatoms. The number of aromatic nitrogens is 1. The zero-order valence-electron chi connectivity index (χ0n) is 14.1. The molecule has 0 aliphatic carbocycles. The second-order valence-corrected chi connectivity index (χ2v) is 7.26. The van der Waals surface area contributed by atoms with Crippen molar-refractivity contribution < 1.29 is 22.8 Å². The minimum absolute atomic E-state index is 0.211. The fraction of sp³-hybridized carbons (Fsp3) is 0.278. The highest BCUT2D eigenvalue weighted by atomic mass is 32.1. The number of thiazole rings is 1. The fourth-order valence-electron chi connectivity index (χ4n) is 2.67. The highest BCUT2D eigenvalue weighted by Crippen LogP contribution is 2.30. The summed E-state index contributed by atoms with van der Waals surface area (Å²) in [6.45, 7) is 4.06. The van der Waals surface area contributed by atoms with Gasteiger partial charge in [-0.15, -0.1) is 11.3 Å². The Kier molecular flexibility index (Phi) is 5.31. The lowest BCUT2D eigenvalue weighted by atomic mass is 9.99. The zero-order valence-corrected chi connectivity index (χ0v) is 14.9. The van der Waals surface area contributed by atoms with Crippen LogP contribution in [-0.2, 0) is 22.2 Å². The van der Waals surface area contributed by atoms with Crippen molar-refractivity contribution in [3.63, 3.8) is 0 Å². The lowest BCUT2D eigenvalue weighted by molar-refractivity contribution is -0.138. The molecule has 1 aromatic heterocycles. The topological polar surface area (TPSA) is 62.3 Å². The molecule has 0 saturated carbocycles. The Labute approximate surface area is 157 Å². The van der Waals surface area contributed by atoms with Gasteiger partial charge in [0.15, 0.2) is 5.13 Å². The molecule has 1 fully saturated rings. The van der Waals surface area contributed by atoms with Gasteiger partial charge in [0.1, 0.15) is 0 Å². The van der Waals surface area contributed by atoms with Gasteiger partial charge in [-0.25, -0.2) is 4.98 Å². The molecule has 0 spiro atoms. The first kappa shape index (κ1) is 19.1. The second kappa shape index (κ2) is 7.51. The van der Waals surface area contributed by atoms with Crippen molar-refractivity contribution in [3.05, 3.63) is 59.1 Å². The van der Waals surface area contributed by atoms with E-state index in [1.165, 1.54) is 34.6 Å². The first-order valence-electron chi connectivity index (χ1n) is 8.09. The molecule has 2 amide bonds. The van der Waals surface area contributed by atoms with Gasteiger partial charge < -0.3 is 10.2 Å². The molecule has 1 aliphatic heterocycles. The van der Waals surface area contributed by atoms with E-state index in [1.54, 1.807) is 6.07 Å². The van der Waals surface area contributed by atoms with Crippen LogP contribution in [0.4, 0.5) is 18.3 Å². The molecule has 0 radical (unpaired) electrons. The number of carbonyl (C=O) groups excluding carboxylic acids is 2. The summed E-state index contributed by atoms with van der Waals surface area (Å²) < 4.78 is 38.3. The highest BCUT2D eigenvalue weighted by molar-refractivity contribution is 7.15. The summed E-state index contributed by atoms with van der Waals surface area (Å²) in [6, 6.07) is 5.12. The maximum absolute atomic E-state index is 12.8. The van der Waals surface area contributed by atoms with Gasteiger partial charge >= 0.3 is 6.18 Å². The van der Waals surface area contributed by atoms with E-state index in [4.69, 9.17) is 0 Å². The van der Waals surface area contributed by atoms with E-state index in [-0.39, 0.29) is 17.7 Å². The minimum Gasteiger partial charge on any atom is -0.337 e. The fourth-order valence-corrected chi connectivity index (χ4v) is 3.52. The van der Waals surface area contributed by atoms with E-state index < -0.39 is 11.7 Å². The minimum atomic E-state index is -4.38. The van der Waals surface area contributed by atoms with Crippen LogP contribution in [-0.4, -0.2) is 34.8 Å². The SMILES string of the molecule is C=CC(=O)N1CC(C(=O)Nc2ncc(Cc3cccc(C(F)(F)F)c3)s2)C1. The van der Waals surface area contributed by atoms with Crippen LogP contribution < -0.4 is 5.32 Å². The van der Waals surface area contributed by atoms with E-state index in [2.05, 4.69) is 16.9 Å². The van der Waals surface area contributed by atoms with Crippen LogP contribution in [0.25, 0.3) is 0 Å². The van der Waals surface area contributed by atoms with Crippen molar-refractivity contribution in [1.29, 1.82) is 0 Å². The van der Waals surface area contributed by atoms with Gasteiger partial charge in [0.2, 0.25) is 11.8 Å². The third-order valence-corrected chi connectivity index (χ3v) is 5.07. The summed E-state index contributed by atoms with van der Waals surface area (Å²) in [7, 11) is 0. The number of carbonyl (C=O) groups is 2. The lowest BCUT2D eigenvalue weighted by Crippen LogP contribution is -2.53. The number of likely N-dealkylation sites (tertiary alicyclic amines) is 1. The first-order chi connectivity index (χ1) is 12.8. The van der Waals surface area contributed by atoms with Crippen molar-refractivity contribution in [2.24, 2.45) is 5.92 Å². The number of hydrogen-bond acceptors (Lipinski definition) is 4. The van der Waals surface area contributed by atoms with Gasteiger partial charge in [0.05, 0.1) is 11.5 Å². The molecule has 1 N–H and O–H groups in total. The van der Waals surface area contributed by atoms with Gasteiger partial charge in [-0.3, -0.25) is 9.59 Å². The molecule has 2 aromatic rings. The van der Waals surface area contributed by atoms with Crippen LogP contribution in [0.3, 0.4) is 0 Å². The van der Waals surface area contributed by atoms with E-state index in [0.29, 0.717) is 30.2 Å². The molecule has 1 aliphatic rings. The van der Waals surface area contributed by atoms with Gasteiger partial charge in [-0.05, 0) is 17.7 Å². The number of rotatable bonds is 5. The Morgan fingerprint density at radius 1 is 1.37 bits per heavy atom. The number of nitrogens with zero attached hydrogens (tertiary/aromatic N) is 2. The molecule has 2 heterocycles. The number of anilines is 1. The predicted molar refractivity (Wildman–Crippen MR) is 95.3 cm³/mol. The van der Waals surface area contributed by atoms with Gasteiger partial charge in [-0.1, -0.05) is 24.8 Å². The Morgan fingerprint density at radius 2 is 2.11 bits per heavy atom. The van der Waals surface area contributed by atoms with Crippen molar-refractivity contribution in [3.8, 4) is 0 Å². The maximum atomic E-state index is 12.8. The molecule has 5 nitrogen and oxygen atoms in total. The van der Waals surface area contributed by atoms with Crippen molar-refractivity contribution in [1.82, 2.24) is 9.88 Å². The zero-order chi connectivity index (χ0) is 19.6. The summed E-state index contributed by atoms with van der Waals surface area (Å²) in [5, 5.41) is 3.07. The Balaban J connectivity index is 1.57. The molecular weight excluding hydrogens is 379 g/mol. The molecule has 1 aromatic carbocycles. The monoisotopic (exact) mass is 395 g/mol. The average molecular weight is 395 g/mol. The average Bonchev–Trinajstić information content (AvgIpc) is 2.99. The van der Waals surface area contributed by atoms with Crippen LogP contribution in [0.1, 0.15) is 16.0 Å². The van der Waals surface area contributed by atoms with Crippen molar-refractivity contribution in [2.45, 2.75) is 12.6 Å². The third kappa shape index (κ3) is 4.54. The number of alkyl halides is 3. The maximum Gasteiger partial charge on any atom is 0.416 e. The number of hydrogen-bond donors (Lipinski definition) is 1. The molecule has 0 unspecified atom stereocenters. The largest absolute Gasteiger partial charge is 0.416 e. The smallest absolute Gasteiger partial charge is 0.337 e. The second-order valence-electron chi connectivity index (χ2n) is 6.14. The molecule has 27 heavy (non-hydrogen) atoms. The Hall–Kier alpha value is -2.68. The van der Waals surface area contributed by atoms with Gasteiger partial charge in [-0.2, -0.15) is 13.2 Å². The summed E-state index contributed by atoms with van der Waals surface area (Å²) >= 11 is 1.21. The Bertz CT molecular complexity index is 873. The van der Waals surface area contributed by atoms with E-state index in [9.17, 15) is 22.8 Å². The van der Waals surface area contributed by atoms with E-state index in [1.807, 2.05) is 0 Å². The normalized spacial score (nSPS) is 14.6. The van der Waals surface area contributed by atoms with Crippen LogP contribution in [0, 0.1) is 5.92 Å². The molecule has 0 bridgehead atoms. The molecule has 142 valence electrons. The number of halogens is 3. The summed E-state index contributed by atoms with van der Waals surface area (Å²) in [4.78, 5) is 29.9. The van der Waals surface area contributed by atoms with Crippen molar-refractivity contribution in [2.75, 3.05) is 18.4 Å². The van der Waals surface area contributed by atoms with Crippen LogP contribution >= 0.6 is 11.3 Å². The lowest BCUT2D eigenvalue weighted by Gasteiger charge is -2.37. The number of nitrogens with one attached hydrogen (secondary N) is 1. The summed E-state index contributed by atoms with van der Waals surface area (Å²) in [5.74, 6) is -0.746. The quantitative estimate of drug-likeness (QED) is 0.790. The molecular formula is C18H16F3N3O2S. The summed E-state index contributed by atoms with van der Waals surface area (Å²) in [5.41, 5.74) is -0.175. The number of amides is 2. The number of benzene rings is 1. The van der Waals surface area contributed by atoms with Gasteiger partial charge in [0.25, 0.3) is 0 Å².